The normalized spacial score (nSPS) is 11.3. The van der Waals surface area contributed by atoms with Crippen LogP contribution < -0.4 is 10.0 Å². The van der Waals surface area contributed by atoms with E-state index in [-0.39, 0.29) is 15.4 Å². The van der Waals surface area contributed by atoms with Crippen molar-refractivity contribution in [2.45, 2.75) is 11.3 Å². The van der Waals surface area contributed by atoms with Crippen LogP contribution in [0.3, 0.4) is 0 Å². The third-order valence-corrected chi connectivity index (χ3v) is 6.85. The molecule has 1 aromatic heterocycles. The Morgan fingerprint density at radius 1 is 0.931 bits per heavy atom. The van der Waals surface area contributed by atoms with Crippen molar-refractivity contribution in [2.75, 3.05) is 10.0 Å². The Bertz CT molecular complexity index is 1310. The van der Waals surface area contributed by atoms with E-state index in [1.807, 2.05) is 49.4 Å². The first-order chi connectivity index (χ1) is 13.9. The fourth-order valence-corrected chi connectivity index (χ4v) is 4.84. The molecule has 0 aliphatic heterocycles. The van der Waals surface area contributed by atoms with Crippen LogP contribution >= 0.6 is 11.3 Å². The predicted octanol–water partition coefficient (Wildman–Crippen LogP) is 4.05. The molecule has 1 amide bonds. The molecule has 0 aliphatic rings. The lowest BCUT2D eigenvalue weighted by Gasteiger charge is -2.08. The zero-order valence-corrected chi connectivity index (χ0v) is 16.9. The van der Waals surface area contributed by atoms with Crippen LogP contribution in [0, 0.1) is 6.92 Å². The number of carbonyl (C=O) groups excluding carboxylic acids is 1. The van der Waals surface area contributed by atoms with Crippen molar-refractivity contribution in [1.29, 1.82) is 0 Å². The molecule has 7 nitrogen and oxygen atoms in total. The number of aromatic nitrogens is 2. The van der Waals surface area contributed by atoms with Gasteiger partial charge in [0.15, 0.2) is 0 Å². The molecule has 0 aliphatic carbocycles. The van der Waals surface area contributed by atoms with Crippen LogP contribution in [-0.4, -0.2) is 24.5 Å². The summed E-state index contributed by atoms with van der Waals surface area (Å²) in [5, 5.41) is 11.9. The molecule has 2 N–H and O–H groups in total. The molecule has 4 rings (SSSR count). The Labute approximate surface area is 171 Å². The molecule has 4 aromatic rings. The third kappa shape index (κ3) is 3.96. The largest absolute Gasteiger partial charge is 0.296 e. The Morgan fingerprint density at radius 3 is 2.48 bits per heavy atom. The highest BCUT2D eigenvalue weighted by atomic mass is 32.2. The summed E-state index contributed by atoms with van der Waals surface area (Å²) in [5.41, 5.74) is 1.74. The topological polar surface area (TPSA) is 101 Å². The molecule has 1 heterocycles. The van der Waals surface area contributed by atoms with E-state index >= 15 is 0 Å². The average Bonchev–Trinajstić information content (AvgIpc) is 3.18. The first kappa shape index (κ1) is 19.0. The first-order valence-corrected chi connectivity index (χ1v) is 10.9. The summed E-state index contributed by atoms with van der Waals surface area (Å²) in [5.74, 6) is -0.370. The highest BCUT2D eigenvalue weighted by Gasteiger charge is 2.22. The van der Waals surface area contributed by atoms with Gasteiger partial charge in [-0.1, -0.05) is 65.9 Å². The standard InChI is InChI=1S/C20H16N4O3S2/c1-13-7-2-4-10-15(13)18(25)21-19-22-23-20(28-19)29(26,27)24-17-12-6-9-14-8-3-5-11-16(14)17/h2-12,24H,1H3,(H,21,22,25). The SMILES string of the molecule is Cc1ccccc1C(=O)Nc1nnc(S(=O)(=O)Nc2cccc3ccccc23)s1. The van der Waals surface area contributed by atoms with Gasteiger partial charge in [0, 0.05) is 10.9 Å². The number of carbonyl (C=O) groups is 1. The Hall–Kier alpha value is -3.30. The molecule has 3 aromatic carbocycles. The number of nitrogens with zero attached hydrogens (tertiary/aromatic N) is 2. The Balaban J connectivity index is 1.57. The Kier molecular flexibility index (Phi) is 4.99. The van der Waals surface area contributed by atoms with Crippen LogP contribution in [0.25, 0.3) is 10.8 Å². The van der Waals surface area contributed by atoms with E-state index in [9.17, 15) is 13.2 Å². The van der Waals surface area contributed by atoms with E-state index in [1.165, 1.54) is 0 Å². The molecule has 0 unspecified atom stereocenters. The number of nitrogens with one attached hydrogen (secondary N) is 2. The second-order valence-corrected chi connectivity index (χ2v) is 9.11. The maximum absolute atomic E-state index is 12.8. The molecule has 9 heteroatoms. The maximum atomic E-state index is 12.8. The van der Waals surface area contributed by atoms with E-state index in [1.54, 1.807) is 24.3 Å². The maximum Gasteiger partial charge on any atom is 0.291 e. The van der Waals surface area contributed by atoms with Crippen molar-refractivity contribution in [3.05, 3.63) is 77.9 Å². The summed E-state index contributed by atoms with van der Waals surface area (Å²) in [6, 6.07) is 19.9. The molecule has 0 radical (unpaired) electrons. The van der Waals surface area contributed by atoms with Crippen LogP contribution in [0.15, 0.2) is 71.1 Å². The van der Waals surface area contributed by atoms with Gasteiger partial charge in [-0.2, -0.15) is 8.42 Å². The van der Waals surface area contributed by atoms with Gasteiger partial charge in [0.2, 0.25) is 5.13 Å². The van der Waals surface area contributed by atoms with Gasteiger partial charge in [0.05, 0.1) is 5.69 Å². The van der Waals surface area contributed by atoms with E-state index in [0.717, 1.165) is 27.7 Å². The van der Waals surface area contributed by atoms with Crippen molar-refractivity contribution in [1.82, 2.24) is 10.2 Å². The minimum absolute atomic E-state index is 0.108. The number of aryl methyl sites for hydroxylation is 1. The number of benzene rings is 3. The molecule has 0 fully saturated rings. The summed E-state index contributed by atoms with van der Waals surface area (Å²) in [6.45, 7) is 1.82. The van der Waals surface area contributed by atoms with Gasteiger partial charge >= 0.3 is 0 Å². The molecular weight excluding hydrogens is 408 g/mol. The predicted molar refractivity (Wildman–Crippen MR) is 114 cm³/mol. The summed E-state index contributed by atoms with van der Waals surface area (Å²) in [4.78, 5) is 12.4. The fourth-order valence-electron chi connectivity index (χ4n) is 2.86. The fraction of sp³-hybridized carbons (Fsp3) is 0.0500. The van der Waals surface area contributed by atoms with Crippen molar-refractivity contribution in [3.63, 3.8) is 0 Å². The minimum Gasteiger partial charge on any atom is -0.296 e. The van der Waals surface area contributed by atoms with Gasteiger partial charge in [-0.15, -0.1) is 10.2 Å². The van der Waals surface area contributed by atoms with E-state index in [4.69, 9.17) is 0 Å². The molecular formula is C20H16N4O3S2. The second kappa shape index (κ2) is 7.61. The van der Waals surface area contributed by atoms with Crippen LogP contribution in [-0.2, 0) is 10.0 Å². The molecule has 0 saturated heterocycles. The van der Waals surface area contributed by atoms with E-state index in [0.29, 0.717) is 11.3 Å². The number of hydrogen-bond acceptors (Lipinski definition) is 6. The van der Waals surface area contributed by atoms with E-state index < -0.39 is 10.0 Å². The van der Waals surface area contributed by atoms with Gasteiger partial charge in [-0.25, -0.2) is 0 Å². The van der Waals surface area contributed by atoms with Gasteiger partial charge < -0.3 is 0 Å². The lowest BCUT2D eigenvalue weighted by Crippen LogP contribution is -2.13. The van der Waals surface area contributed by atoms with Crippen LogP contribution in [0.2, 0.25) is 0 Å². The quantitative estimate of drug-likeness (QED) is 0.471. The summed E-state index contributed by atoms with van der Waals surface area (Å²) in [7, 11) is -3.95. The monoisotopic (exact) mass is 424 g/mol. The Morgan fingerprint density at radius 2 is 1.66 bits per heavy atom. The molecule has 29 heavy (non-hydrogen) atoms. The van der Waals surface area contributed by atoms with Crippen molar-refractivity contribution >= 4 is 48.9 Å². The van der Waals surface area contributed by atoms with Crippen molar-refractivity contribution in [3.8, 4) is 0 Å². The summed E-state index contributed by atoms with van der Waals surface area (Å²) in [6.07, 6.45) is 0. The van der Waals surface area contributed by atoms with Gasteiger partial charge in [-0.05, 0) is 30.0 Å². The van der Waals surface area contributed by atoms with Crippen LogP contribution in [0.4, 0.5) is 10.8 Å². The molecule has 0 saturated carbocycles. The second-order valence-electron chi connectivity index (χ2n) is 6.27. The highest BCUT2D eigenvalue weighted by Crippen LogP contribution is 2.27. The molecule has 0 bridgehead atoms. The smallest absolute Gasteiger partial charge is 0.291 e. The van der Waals surface area contributed by atoms with Crippen molar-refractivity contribution in [2.24, 2.45) is 0 Å². The number of anilines is 2. The lowest BCUT2D eigenvalue weighted by atomic mass is 10.1. The number of fused-ring (bicyclic) bond motifs is 1. The van der Waals surface area contributed by atoms with E-state index in [2.05, 4.69) is 20.2 Å². The average molecular weight is 425 g/mol. The van der Waals surface area contributed by atoms with Crippen LogP contribution in [0.5, 0.6) is 0 Å². The third-order valence-electron chi connectivity index (χ3n) is 4.28. The molecule has 0 atom stereocenters. The number of hydrogen-bond donors (Lipinski definition) is 2. The van der Waals surface area contributed by atoms with Crippen molar-refractivity contribution < 1.29 is 13.2 Å². The minimum atomic E-state index is -3.95. The summed E-state index contributed by atoms with van der Waals surface area (Å²) < 4.78 is 27.8. The first-order valence-electron chi connectivity index (χ1n) is 8.65. The van der Waals surface area contributed by atoms with Gasteiger partial charge in [0.25, 0.3) is 20.3 Å². The van der Waals surface area contributed by atoms with Gasteiger partial charge in [0.1, 0.15) is 0 Å². The molecule has 146 valence electrons. The number of amides is 1. The zero-order chi connectivity index (χ0) is 20.4. The zero-order valence-electron chi connectivity index (χ0n) is 15.3. The van der Waals surface area contributed by atoms with Crippen LogP contribution in [0.1, 0.15) is 15.9 Å². The lowest BCUT2D eigenvalue weighted by molar-refractivity contribution is 0.102. The number of rotatable bonds is 5. The highest BCUT2D eigenvalue weighted by molar-refractivity contribution is 7.94. The van der Waals surface area contributed by atoms with Gasteiger partial charge in [-0.3, -0.25) is 14.8 Å². The summed E-state index contributed by atoms with van der Waals surface area (Å²) >= 11 is 0.789. The molecule has 0 spiro atoms. The number of sulfonamides is 1.